The van der Waals surface area contributed by atoms with Gasteiger partial charge in [0.25, 0.3) is 5.91 Å². The van der Waals surface area contributed by atoms with Crippen molar-refractivity contribution in [3.05, 3.63) is 29.8 Å². The van der Waals surface area contributed by atoms with Crippen LogP contribution in [0.2, 0.25) is 0 Å². The third-order valence-corrected chi connectivity index (χ3v) is 3.75. The molecule has 0 unspecified atom stereocenters. The van der Waals surface area contributed by atoms with E-state index in [1.165, 1.54) is 0 Å². The zero-order valence-electron chi connectivity index (χ0n) is 12.4. The summed E-state index contributed by atoms with van der Waals surface area (Å²) >= 11 is 0. The standard InChI is InChI=1S/C14H20N2O4S/c1-10-8-16(9-11(2)20-10)14(17)12-4-6-13(7-5-12)15-21(3,18)19/h4-7,10-11,15H,8-9H2,1-3H3/t10-,11+. The van der Waals surface area contributed by atoms with Crippen molar-refractivity contribution in [2.75, 3.05) is 24.1 Å². The van der Waals surface area contributed by atoms with Crippen LogP contribution in [-0.4, -0.2) is 50.8 Å². The fourth-order valence-electron chi connectivity index (χ4n) is 2.42. The summed E-state index contributed by atoms with van der Waals surface area (Å²) in [5, 5.41) is 0. The first-order chi connectivity index (χ1) is 9.74. The third kappa shape index (κ3) is 4.44. The molecule has 0 bridgehead atoms. The molecular weight excluding hydrogens is 292 g/mol. The highest BCUT2D eigenvalue weighted by Crippen LogP contribution is 2.16. The molecule has 0 spiro atoms. The molecule has 6 nitrogen and oxygen atoms in total. The van der Waals surface area contributed by atoms with E-state index >= 15 is 0 Å². The van der Waals surface area contributed by atoms with Crippen molar-refractivity contribution in [2.45, 2.75) is 26.1 Å². The minimum Gasteiger partial charge on any atom is -0.372 e. The van der Waals surface area contributed by atoms with Gasteiger partial charge in [0.15, 0.2) is 0 Å². The molecule has 1 amide bonds. The van der Waals surface area contributed by atoms with Crippen molar-refractivity contribution >= 4 is 21.6 Å². The van der Waals surface area contributed by atoms with Crippen LogP contribution in [-0.2, 0) is 14.8 Å². The number of sulfonamides is 1. The Morgan fingerprint density at radius 3 is 2.19 bits per heavy atom. The molecule has 1 aromatic rings. The molecule has 0 saturated carbocycles. The molecular formula is C14H20N2O4S. The molecule has 2 atom stereocenters. The quantitative estimate of drug-likeness (QED) is 0.913. The Morgan fingerprint density at radius 1 is 1.19 bits per heavy atom. The lowest BCUT2D eigenvalue weighted by Crippen LogP contribution is -2.48. The van der Waals surface area contributed by atoms with Gasteiger partial charge >= 0.3 is 0 Å². The molecule has 2 rings (SSSR count). The van der Waals surface area contributed by atoms with Gasteiger partial charge in [-0.15, -0.1) is 0 Å². The second kappa shape index (κ2) is 6.03. The molecule has 0 aromatic heterocycles. The van der Waals surface area contributed by atoms with Crippen LogP contribution in [0.15, 0.2) is 24.3 Å². The van der Waals surface area contributed by atoms with Crippen LogP contribution in [0.1, 0.15) is 24.2 Å². The largest absolute Gasteiger partial charge is 0.372 e. The highest BCUT2D eigenvalue weighted by Gasteiger charge is 2.26. The Bertz CT molecular complexity index is 602. The van der Waals surface area contributed by atoms with E-state index in [4.69, 9.17) is 4.74 Å². The number of hydrogen-bond donors (Lipinski definition) is 1. The van der Waals surface area contributed by atoms with Crippen molar-refractivity contribution in [2.24, 2.45) is 0 Å². The SMILES string of the molecule is C[C@@H]1CN(C(=O)c2ccc(NS(C)(=O)=O)cc2)C[C@H](C)O1. The molecule has 1 aliphatic rings. The average Bonchev–Trinajstić information content (AvgIpc) is 2.35. The average molecular weight is 312 g/mol. The fourth-order valence-corrected chi connectivity index (χ4v) is 2.99. The number of nitrogens with one attached hydrogen (secondary N) is 1. The number of nitrogens with zero attached hydrogens (tertiary/aromatic N) is 1. The highest BCUT2D eigenvalue weighted by molar-refractivity contribution is 7.92. The predicted molar refractivity (Wildman–Crippen MR) is 80.8 cm³/mol. The van der Waals surface area contributed by atoms with Gasteiger partial charge in [-0.1, -0.05) is 0 Å². The zero-order chi connectivity index (χ0) is 15.6. The van der Waals surface area contributed by atoms with E-state index in [2.05, 4.69) is 4.72 Å². The van der Waals surface area contributed by atoms with Gasteiger partial charge in [-0.25, -0.2) is 8.42 Å². The molecule has 116 valence electrons. The summed E-state index contributed by atoms with van der Waals surface area (Å²) in [5.41, 5.74) is 0.980. The summed E-state index contributed by atoms with van der Waals surface area (Å²) in [6, 6.07) is 6.42. The molecule has 1 heterocycles. The van der Waals surface area contributed by atoms with E-state index in [0.29, 0.717) is 24.3 Å². The van der Waals surface area contributed by atoms with Gasteiger partial charge in [0, 0.05) is 24.3 Å². The highest BCUT2D eigenvalue weighted by atomic mass is 32.2. The van der Waals surface area contributed by atoms with E-state index in [9.17, 15) is 13.2 Å². The molecule has 1 fully saturated rings. The zero-order valence-corrected chi connectivity index (χ0v) is 13.2. The van der Waals surface area contributed by atoms with Crippen molar-refractivity contribution in [3.8, 4) is 0 Å². The molecule has 7 heteroatoms. The lowest BCUT2D eigenvalue weighted by molar-refractivity contribution is -0.0586. The maximum absolute atomic E-state index is 12.4. The lowest BCUT2D eigenvalue weighted by Gasteiger charge is -2.35. The summed E-state index contributed by atoms with van der Waals surface area (Å²) in [6.07, 6.45) is 1.12. The summed E-state index contributed by atoms with van der Waals surface area (Å²) in [6.45, 7) is 5.00. The van der Waals surface area contributed by atoms with E-state index in [1.54, 1.807) is 29.2 Å². The van der Waals surface area contributed by atoms with Crippen LogP contribution in [0, 0.1) is 0 Å². The van der Waals surface area contributed by atoms with Crippen LogP contribution >= 0.6 is 0 Å². The predicted octanol–water partition coefficient (Wildman–Crippen LogP) is 1.31. The van der Waals surface area contributed by atoms with Gasteiger partial charge in [-0.2, -0.15) is 0 Å². The number of anilines is 1. The number of hydrogen-bond acceptors (Lipinski definition) is 4. The Hall–Kier alpha value is -1.60. The van der Waals surface area contributed by atoms with E-state index < -0.39 is 10.0 Å². The van der Waals surface area contributed by atoms with Gasteiger partial charge in [0.1, 0.15) is 0 Å². The Labute approximate surface area is 125 Å². The molecule has 0 radical (unpaired) electrons. The number of morpholine rings is 1. The summed E-state index contributed by atoms with van der Waals surface area (Å²) < 4.78 is 30.3. The second-order valence-electron chi connectivity index (χ2n) is 5.42. The van der Waals surface area contributed by atoms with Crippen molar-refractivity contribution < 1.29 is 17.9 Å². The monoisotopic (exact) mass is 312 g/mol. The summed E-state index contributed by atoms with van der Waals surface area (Å²) in [4.78, 5) is 14.2. The Balaban J connectivity index is 2.09. The van der Waals surface area contributed by atoms with Crippen molar-refractivity contribution in [1.82, 2.24) is 4.90 Å². The van der Waals surface area contributed by atoms with Crippen LogP contribution in [0.4, 0.5) is 5.69 Å². The van der Waals surface area contributed by atoms with Crippen LogP contribution in [0.5, 0.6) is 0 Å². The first-order valence-corrected chi connectivity index (χ1v) is 8.66. The number of carbonyl (C=O) groups is 1. The second-order valence-corrected chi connectivity index (χ2v) is 7.17. The molecule has 1 saturated heterocycles. The van der Waals surface area contributed by atoms with Gasteiger partial charge in [-0.3, -0.25) is 9.52 Å². The Kier molecular flexibility index (Phi) is 4.53. The molecule has 21 heavy (non-hydrogen) atoms. The third-order valence-electron chi connectivity index (χ3n) is 3.14. The lowest BCUT2D eigenvalue weighted by atomic mass is 10.1. The van der Waals surface area contributed by atoms with Gasteiger partial charge in [0.2, 0.25) is 10.0 Å². The minimum atomic E-state index is -3.31. The van der Waals surface area contributed by atoms with E-state index in [1.807, 2.05) is 13.8 Å². The molecule has 0 aliphatic carbocycles. The Morgan fingerprint density at radius 2 is 1.71 bits per heavy atom. The first kappa shape index (κ1) is 15.8. The van der Waals surface area contributed by atoms with E-state index in [0.717, 1.165) is 6.26 Å². The molecule has 1 aromatic carbocycles. The van der Waals surface area contributed by atoms with Crippen LogP contribution in [0.25, 0.3) is 0 Å². The molecule has 1 N–H and O–H groups in total. The summed E-state index contributed by atoms with van der Waals surface area (Å²) in [7, 11) is -3.31. The van der Waals surface area contributed by atoms with E-state index in [-0.39, 0.29) is 18.1 Å². The number of carbonyl (C=O) groups excluding carboxylic acids is 1. The van der Waals surface area contributed by atoms with Crippen LogP contribution < -0.4 is 4.72 Å². The molecule has 1 aliphatic heterocycles. The van der Waals surface area contributed by atoms with Gasteiger partial charge < -0.3 is 9.64 Å². The van der Waals surface area contributed by atoms with Crippen molar-refractivity contribution in [3.63, 3.8) is 0 Å². The minimum absolute atomic E-state index is 0.0175. The maximum atomic E-state index is 12.4. The first-order valence-electron chi connectivity index (χ1n) is 6.77. The normalized spacial score (nSPS) is 22.9. The smallest absolute Gasteiger partial charge is 0.254 e. The number of ether oxygens (including phenoxy) is 1. The number of rotatable bonds is 3. The summed E-state index contributed by atoms with van der Waals surface area (Å²) in [5.74, 6) is -0.0668. The van der Waals surface area contributed by atoms with Crippen molar-refractivity contribution in [1.29, 1.82) is 0 Å². The number of benzene rings is 1. The maximum Gasteiger partial charge on any atom is 0.254 e. The van der Waals surface area contributed by atoms with Crippen LogP contribution in [0.3, 0.4) is 0 Å². The fraction of sp³-hybridized carbons (Fsp3) is 0.500. The topological polar surface area (TPSA) is 75.7 Å². The van der Waals surface area contributed by atoms with Gasteiger partial charge in [-0.05, 0) is 38.1 Å². The number of amides is 1. The van der Waals surface area contributed by atoms with Gasteiger partial charge in [0.05, 0.1) is 18.5 Å².